The highest BCUT2D eigenvalue weighted by Gasteiger charge is 2.24. The van der Waals surface area contributed by atoms with E-state index in [0.29, 0.717) is 22.1 Å². The van der Waals surface area contributed by atoms with Crippen LogP contribution in [0.5, 0.6) is 0 Å². The highest BCUT2D eigenvalue weighted by atomic mass is 32.2. The molecule has 1 aromatic heterocycles. The van der Waals surface area contributed by atoms with Gasteiger partial charge in [0.05, 0.1) is 5.75 Å². The van der Waals surface area contributed by atoms with Gasteiger partial charge in [0.15, 0.2) is 0 Å². The third kappa shape index (κ3) is 4.54. The van der Waals surface area contributed by atoms with E-state index in [-0.39, 0.29) is 5.91 Å². The molecule has 0 spiro atoms. The number of rotatable bonds is 5. The van der Waals surface area contributed by atoms with Crippen LogP contribution in [0.2, 0.25) is 0 Å². The number of hydrogen-bond donors (Lipinski definition) is 0. The molecular formula is C17H21N3O2S2. The molecule has 1 aliphatic heterocycles. The maximum Gasteiger partial charge on any atom is 0.277 e. The first-order valence-corrected chi connectivity index (χ1v) is 9.91. The fourth-order valence-corrected chi connectivity index (χ4v) is 4.57. The van der Waals surface area contributed by atoms with Gasteiger partial charge >= 0.3 is 0 Å². The van der Waals surface area contributed by atoms with Crippen molar-refractivity contribution in [3.05, 3.63) is 35.7 Å². The molecule has 0 unspecified atom stereocenters. The third-order valence-corrected chi connectivity index (χ3v) is 6.33. The van der Waals surface area contributed by atoms with Crippen LogP contribution in [0, 0.1) is 13.8 Å². The number of piperidine rings is 1. The maximum atomic E-state index is 12.3. The van der Waals surface area contributed by atoms with Crippen LogP contribution in [0.3, 0.4) is 0 Å². The lowest BCUT2D eigenvalue weighted by Gasteiger charge is -2.31. The number of nitrogens with zero attached hydrogens (tertiary/aromatic N) is 3. The summed E-state index contributed by atoms with van der Waals surface area (Å²) in [6.07, 6.45) is 2.07. The summed E-state index contributed by atoms with van der Waals surface area (Å²) in [5.41, 5.74) is 1.33. The van der Waals surface area contributed by atoms with E-state index in [1.807, 2.05) is 16.7 Å². The molecule has 5 nitrogen and oxygen atoms in total. The summed E-state index contributed by atoms with van der Waals surface area (Å²) in [5, 5.41) is 8.72. The summed E-state index contributed by atoms with van der Waals surface area (Å²) in [5.74, 6) is 1.03. The molecule has 1 aliphatic rings. The van der Waals surface area contributed by atoms with E-state index >= 15 is 0 Å². The summed E-state index contributed by atoms with van der Waals surface area (Å²) in [7, 11) is 0. The van der Waals surface area contributed by atoms with E-state index in [1.165, 1.54) is 22.2 Å². The molecule has 1 amide bonds. The van der Waals surface area contributed by atoms with Crippen molar-refractivity contribution in [2.24, 2.45) is 0 Å². The third-order valence-electron chi connectivity index (χ3n) is 4.01. The van der Waals surface area contributed by atoms with Gasteiger partial charge in [-0.05, 0) is 31.4 Å². The van der Waals surface area contributed by atoms with Gasteiger partial charge in [-0.15, -0.1) is 22.0 Å². The van der Waals surface area contributed by atoms with Crippen molar-refractivity contribution in [2.45, 2.75) is 42.1 Å². The molecule has 3 rings (SSSR count). The minimum absolute atomic E-state index is 0.148. The monoisotopic (exact) mass is 363 g/mol. The smallest absolute Gasteiger partial charge is 0.277 e. The molecule has 0 bridgehead atoms. The van der Waals surface area contributed by atoms with Crippen molar-refractivity contribution in [3.8, 4) is 0 Å². The maximum absolute atomic E-state index is 12.3. The van der Waals surface area contributed by atoms with Gasteiger partial charge in [-0.2, -0.15) is 0 Å². The van der Waals surface area contributed by atoms with Gasteiger partial charge in [-0.3, -0.25) is 4.79 Å². The van der Waals surface area contributed by atoms with Gasteiger partial charge in [-0.25, -0.2) is 0 Å². The van der Waals surface area contributed by atoms with Crippen molar-refractivity contribution >= 4 is 29.4 Å². The van der Waals surface area contributed by atoms with Crippen molar-refractivity contribution < 1.29 is 9.21 Å². The number of aromatic nitrogens is 2. The Morgan fingerprint density at radius 2 is 2.00 bits per heavy atom. The molecule has 0 N–H and O–H groups in total. The molecule has 128 valence electrons. The normalized spacial score (nSPS) is 15.7. The number of carbonyl (C=O) groups is 1. The quantitative estimate of drug-likeness (QED) is 0.757. The average molecular weight is 364 g/mol. The molecule has 1 aromatic carbocycles. The van der Waals surface area contributed by atoms with Crippen LogP contribution in [-0.2, 0) is 4.79 Å². The Bertz CT molecular complexity index is 697. The van der Waals surface area contributed by atoms with Gasteiger partial charge in [0.1, 0.15) is 0 Å². The van der Waals surface area contributed by atoms with Gasteiger partial charge in [0.25, 0.3) is 5.22 Å². The highest BCUT2D eigenvalue weighted by molar-refractivity contribution is 8.00. The fourth-order valence-electron chi connectivity index (χ4n) is 2.64. The van der Waals surface area contributed by atoms with E-state index in [9.17, 15) is 4.79 Å². The number of benzene rings is 1. The minimum atomic E-state index is 0.148. The number of carbonyl (C=O) groups excluding carboxylic acids is 1. The summed E-state index contributed by atoms with van der Waals surface area (Å²) in [6, 6.07) is 8.49. The summed E-state index contributed by atoms with van der Waals surface area (Å²) in [4.78, 5) is 15.6. The molecule has 0 radical (unpaired) electrons. The van der Waals surface area contributed by atoms with Crippen molar-refractivity contribution in [2.75, 3.05) is 18.8 Å². The van der Waals surface area contributed by atoms with Gasteiger partial charge in [0, 0.05) is 30.2 Å². The second-order valence-electron chi connectivity index (χ2n) is 5.84. The average Bonchev–Trinajstić information content (AvgIpc) is 3.01. The topological polar surface area (TPSA) is 59.2 Å². The van der Waals surface area contributed by atoms with Crippen LogP contribution < -0.4 is 0 Å². The zero-order chi connectivity index (χ0) is 16.9. The van der Waals surface area contributed by atoms with E-state index in [2.05, 4.69) is 41.4 Å². The lowest BCUT2D eigenvalue weighted by atomic mass is 10.1. The Balaban J connectivity index is 1.44. The number of aryl methyl sites for hydroxylation is 2. The lowest BCUT2D eigenvalue weighted by Crippen LogP contribution is -2.40. The first-order valence-electron chi connectivity index (χ1n) is 8.05. The second kappa shape index (κ2) is 8.07. The molecule has 0 saturated carbocycles. The SMILES string of the molecule is Cc1nnc(SCC(=O)N2CCC(Sc3ccccc3C)CC2)o1. The standard InChI is InChI=1S/C17H21N3O2S2/c1-12-5-3-4-6-15(12)24-14-7-9-20(10-8-14)16(21)11-23-17-19-18-13(2)22-17/h3-6,14H,7-11H2,1-2H3. The summed E-state index contributed by atoms with van der Waals surface area (Å²) < 4.78 is 5.28. The van der Waals surface area contributed by atoms with Crippen LogP contribution in [0.4, 0.5) is 0 Å². The predicted molar refractivity (Wildman–Crippen MR) is 96.4 cm³/mol. The van der Waals surface area contributed by atoms with Crippen LogP contribution in [0.15, 0.2) is 38.8 Å². The van der Waals surface area contributed by atoms with Crippen molar-refractivity contribution in [3.63, 3.8) is 0 Å². The van der Waals surface area contributed by atoms with Crippen LogP contribution in [0.1, 0.15) is 24.3 Å². The number of thioether (sulfide) groups is 2. The molecule has 0 atom stereocenters. The Hall–Kier alpha value is -1.47. The first kappa shape index (κ1) is 17.4. The largest absolute Gasteiger partial charge is 0.416 e. The van der Waals surface area contributed by atoms with Crippen molar-refractivity contribution in [1.82, 2.24) is 15.1 Å². The van der Waals surface area contributed by atoms with Gasteiger partial charge in [-0.1, -0.05) is 30.0 Å². The van der Waals surface area contributed by atoms with Gasteiger partial charge in [0.2, 0.25) is 11.8 Å². The Morgan fingerprint density at radius 1 is 1.25 bits per heavy atom. The minimum Gasteiger partial charge on any atom is -0.416 e. The molecule has 0 aliphatic carbocycles. The molecule has 7 heteroatoms. The highest BCUT2D eigenvalue weighted by Crippen LogP contribution is 2.32. The van der Waals surface area contributed by atoms with Crippen LogP contribution in [0.25, 0.3) is 0 Å². The number of amides is 1. The molecule has 1 fully saturated rings. The Morgan fingerprint density at radius 3 is 2.67 bits per heavy atom. The van der Waals surface area contributed by atoms with E-state index in [1.54, 1.807) is 6.92 Å². The molecular weight excluding hydrogens is 342 g/mol. The van der Waals surface area contributed by atoms with Crippen LogP contribution >= 0.6 is 23.5 Å². The summed E-state index contributed by atoms with van der Waals surface area (Å²) in [6.45, 7) is 5.55. The molecule has 2 aromatic rings. The molecule has 1 saturated heterocycles. The predicted octanol–water partition coefficient (Wildman–Crippen LogP) is 3.56. The van der Waals surface area contributed by atoms with Crippen LogP contribution in [-0.4, -0.2) is 45.1 Å². The Labute approximate surface area is 150 Å². The van der Waals surface area contributed by atoms with E-state index in [4.69, 9.17) is 4.42 Å². The molecule has 24 heavy (non-hydrogen) atoms. The zero-order valence-electron chi connectivity index (χ0n) is 13.9. The fraction of sp³-hybridized carbons (Fsp3) is 0.471. The lowest BCUT2D eigenvalue weighted by molar-refractivity contribution is -0.129. The number of likely N-dealkylation sites (tertiary alicyclic amines) is 1. The summed E-state index contributed by atoms with van der Waals surface area (Å²) >= 11 is 3.25. The second-order valence-corrected chi connectivity index (χ2v) is 8.11. The van der Waals surface area contributed by atoms with E-state index in [0.717, 1.165) is 25.9 Å². The number of hydrogen-bond acceptors (Lipinski definition) is 6. The molecule has 2 heterocycles. The zero-order valence-corrected chi connectivity index (χ0v) is 15.5. The van der Waals surface area contributed by atoms with Crippen molar-refractivity contribution in [1.29, 1.82) is 0 Å². The Kier molecular flexibility index (Phi) is 5.84. The first-order chi connectivity index (χ1) is 11.6. The van der Waals surface area contributed by atoms with Gasteiger partial charge < -0.3 is 9.32 Å². The van der Waals surface area contributed by atoms with E-state index < -0.39 is 0 Å².